The predicted octanol–water partition coefficient (Wildman–Crippen LogP) is 2.42. The van der Waals surface area contributed by atoms with E-state index in [1.54, 1.807) is 0 Å². The molecule has 0 amide bonds. The van der Waals surface area contributed by atoms with E-state index in [-0.39, 0.29) is 0 Å². The lowest BCUT2D eigenvalue weighted by molar-refractivity contribution is 0.146. The molecular weight excluding hydrogens is 166 g/mol. The van der Waals surface area contributed by atoms with Crippen molar-refractivity contribution in [2.45, 2.75) is 25.7 Å². The Labute approximate surface area is 77.6 Å². The van der Waals surface area contributed by atoms with Gasteiger partial charge in [-0.15, -0.1) is 11.3 Å². The molecular formula is C10H15NS. The Kier molecular flexibility index (Phi) is 2.20. The summed E-state index contributed by atoms with van der Waals surface area (Å²) in [6.45, 7) is 0.866. The summed E-state index contributed by atoms with van der Waals surface area (Å²) >= 11 is 1.86. The standard InChI is InChI=1S/C10H15NS/c11-8-10(4-2-5-10)7-9-3-1-6-12-9/h1,3,6H,2,4-5,7-8,11H2. The molecule has 0 unspecified atom stereocenters. The third kappa shape index (κ3) is 1.41. The van der Waals surface area contributed by atoms with Gasteiger partial charge < -0.3 is 5.73 Å². The van der Waals surface area contributed by atoms with Crippen LogP contribution in [-0.4, -0.2) is 6.54 Å². The summed E-state index contributed by atoms with van der Waals surface area (Å²) in [4.78, 5) is 1.50. The number of hydrogen-bond acceptors (Lipinski definition) is 2. The van der Waals surface area contributed by atoms with Crippen LogP contribution in [0.25, 0.3) is 0 Å². The summed E-state index contributed by atoms with van der Waals surface area (Å²) in [6.07, 6.45) is 5.26. The zero-order chi connectivity index (χ0) is 8.44. The highest BCUT2D eigenvalue weighted by Crippen LogP contribution is 2.43. The molecule has 2 rings (SSSR count). The Balaban J connectivity index is 2.01. The fraction of sp³-hybridized carbons (Fsp3) is 0.600. The number of rotatable bonds is 3. The van der Waals surface area contributed by atoms with Gasteiger partial charge in [-0.05, 0) is 42.7 Å². The van der Waals surface area contributed by atoms with Gasteiger partial charge in [0.2, 0.25) is 0 Å². The van der Waals surface area contributed by atoms with Crippen molar-refractivity contribution in [2.24, 2.45) is 11.1 Å². The van der Waals surface area contributed by atoms with Gasteiger partial charge in [-0.3, -0.25) is 0 Å². The lowest BCUT2D eigenvalue weighted by Gasteiger charge is -2.40. The SMILES string of the molecule is NCC1(Cc2cccs2)CCC1. The third-order valence-corrected chi connectivity index (χ3v) is 3.85. The maximum Gasteiger partial charge on any atom is 0.00512 e. The predicted molar refractivity (Wildman–Crippen MR) is 53.4 cm³/mol. The fourth-order valence-corrected chi connectivity index (χ4v) is 2.79. The maximum atomic E-state index is 5.79. The van der Waals surface area contributed by atoms with Gasteiger partial charge >= 0.3 is 0 Å². The number of hydrogen-bond donors (Lipinski definition) is 1. The Morgan fingerprint density at radius 1 is 1.50 bits per heavy atom. The van der Waals surface area contributed by atoms with E-state index in [0.29, 0.717) is 5.41 Å². The molecule has 1 fully saturated rings. The van der Waals surface area contributed by atoms with E-state index >= 15 is 0 Å². The van der Waals surface area contributed by atoms with Crippen molar-refractivity contribution < 1.29 is 0 Å². The van der Waals surface area contributed by atoms with Crippen LogP contribution in [0, 0.1) is 5.41 Å². The first-order chi connectivity index (χ1) is 5.85. The van der Waals surface area contributed by atoms with Crippen LogP contribution >= 0.6 is 11.3 Å². The first-order valence-electron chi connectivity index (χ1n) is 4.57. The summed E-state index contributed by atoms with van der Waals surface area (Å²) in [5.74, 6) is 0. The number of thiophene rings is 1. The molecule has 1 nitrogen and oxygen atoms in total. The highest BCUT2D eigenvalue weighted by Gasteiger charge is 2.35. The largest absolute Gasteiger partial charge is 0.330 e. The molecule has 0 radical (unpaired) electrons. The van der Waals surface area contributed by atoms with Gasteiger partial charge in [0.1, 0.15) is 0 Å². The fourth-order valence-electron chi connectivity index (χ4n) is 1.91. The van der Waals surface area contributed by atoms with Crippen molar-refractivity contribution in [1.29, 1.82) is 0 Å². The minimum absolute atomic E-state index is 0.477. The molecule has 12 heavy (non-hydrogen) atoms. The van der Waals surface area contributed by atoms with Crippen molar-refractivity contribution in [3.8, 4) is 0 Å². The molecule has 0 aromatic carbocycles. The van der Waals surface area contributed by atoms with Crippen LogP contribution in [0.2, 0.25) is 0 Å². The van der Waals surface area contributed by atoms with E-state index < -0.39 is 0 Å². The van der Waals surface area contributed by atoms with Gasteiger partial charge in [-0.25, -0.2) is 0 Å². The van der Waals surface area contributed by atoms with E-state index in [0.717, 1.165) is 6.54 Å². The third-order valence-electron chi connectivity index (χ3n) is 2.98. The van der Waals surface area contributed by atoms with Crippen LogP contribution in [0.15, 0.2) is 17.5 Å². The second kappa shape index (κ2) is 3.19. The monoisotopic (exact) mass is 181 g/mol. The summed E-state index contributed by atoms with van der Waals surface area (Å²) in [5.41, 5.74) is 6.27. The molecule has 2 heteroatoms. The molecule has 0 bridgehead atoms. The van der Waals surface area contributed by atoms with Crippen LogP contribution in [0.4, 0.5) is 0 Å². The quantitative estimate of drug-likeness (QED) is 0.761. The highest BCUT2D eigenvalue weighted by atomic mass is 32.1. The molecule has 2 N–H and O–H groups in total. The maximum absolute atomic E-state index is 5.79. The van der Waals surface area contributed by atoms with E-state index in [9.17, 15) is 0 Å². The van der Waals surface area contributed by atoms with Crippen LogP contribution in [0.5, 0.6) is 0 Å². The normalized spacial score (nSPS) is 20.4. The Bertz CT molecular complexity index is 231. The van der Waals surface area contributed by atoms with Gasteiger partial charge in [0, 0.05) is 4.88 Å². The molecule has 1 aliphatic rings. The zero-order valence-corrected chi connectivity index (χ0v) is 8.07. The second-order valence-electron chi connectivity index (χ2n) is 3.81. The molecule has 0 aliphatic heterocycles. The van der Waals surface area contributed by atoms with Gasteiger partial charge in [-0.1, -0.05) is 12.5 Å². The van der Waals surface area contributed by atoms with E-state index in [2.05, 4.69) is 17.5 Å². The van der Waals surface area contributed by atoms with Crippen molar-refractivity contribution in [3.05, 3.63) is 22.4 Å². The van der Waals surface area contributed by atoms with Crippen molar-refractivity contribution in [3.63, 3.8) is 0 Å². The first-order valence-corrected chi connectivity index (χ1v) is 5.45. The smallest absolute Gasteiger partial charge is 0.00512 e. The van der Waals surface area contributed by atoms with Crippen LogP contribution in [0.3, 0.4) is 0 Å². The van der Waals surface area contributed by atoms with Gasteiger partial charge in [0.15, 0.2) is 0 Å². The number of nitrogens with two attached hydrogens (primary N) is 1. The molecule has 0 atom stereocenters. The molecule has 0 spiro atoms. The van der Waals surface area contributed by atoms with Crippen molar-refractivity contribution in [1.82, 2.24) is 0 Å². The zero-order valence-electron chi connectivity index (χ0n) is 7.25. The van der Waals surface area contributed by atoms with E-state index in [1.807, 2.05) is 11.3 Å². The average molecular weight is 181 g/mol. The van der Waals surface area contributed by atoms with Gasteiger partial charge in [-0.2, -0.15) is 0 Å². The first kappa shape index (κ1) is 8.27. The van der Waals surface area contributed by atoms with Gasteiger partial charge in [0.25, 0.3) is 0 Å². The topological polar surface area (TPSA) is 26.0 Å². The van der Waals surface area contributed by atoms with Crippen LogP contribution in [0.1, 0.15) is 24.1 Å². The van der Waals surface area contributed by atoms with E-state index in [4.69, 9.17) is 5.73 Å². The summed E-state index contributed by atoms with van der Waals surface area (Å²) in [7, 11) is 0. The minimum atomic E-state index is 0.477. The van der Waals surface area contributed by atoms with Crippen LogP contribution < -0.4 is 5.73 Å². The molecule has 1 aromatic rings. The highest BCUT2D eigenvalue weighted by molar-refractivity contribution is 7.09. The van der Waals surface area contributed by atoms with Crippen LogP contribution in [-0.2, 0) is 6.42 Å². The summed E-state index contributed by atoms with van der Waals surface area (Å²) in [5, 5.41) is 2.15. The molecule has 0 saturated heterocycles. The molecule has 1 heterocycles. The Hall–Kier alpha value is -0.340. The Morgan fingerprint density at radius 2 is 2.33 bits per heavy atom. The summed E-state index contributed by atoms with van der Waals surface area (Å²) < 4.78 is 0. The van der Waals surface area contributed by atoms with Crippen molar-refractivity contribution in [2.75, 3.05) is 6.54 Å². The van der Waals surface area contributed by atoms with Crippen molar-refractivity contribution >= 4 is 11.3 Å². The molecule has 1 aromatic heterocycles. The second-order valence-corrected chi connectivity index (χ2v) is 4.85. The molecule has 66 valence electrons. The van der Waals surface area contributed by atoms with E-state index in [1.165, 1.54) is 30.6 Å². The minimum Gasteiger partial charge on any atom is -0.330 e. The molecule has 1 saturated carbocycles. The lowest BCUT2D eigenvalue weighted by atomic mass is 9.66. The van der Waals surface area contributed by atoms with Gasteiger partial charge in [0.05, 0.1) is 0 Å². The lowest BCUT2D eigenvalue weighted by Crippen LogP contribution is -2.38. The Morgan fingerprint density at radius 3 is 2.75 bits per heavy atom. The molecule has 1 aliphatic carbocycles. The average Bonchev–Trinajstić information content (AvgIpc) is 2.49. The summed E-state index contributed by atoms with van der Waals surface area (Å²) in [6, 6.07) is 4.35.